The zero-order chi connectivity index (χ0) is 19.1. The van der Waals surface area contributed by atoms with Crippen LogP contribution in [0.1, 0.15) is 35.9 Å². The summed E-state index contributed by atoms with van der Waals surface area (Å²) in [6.45, 7) is 7.09. The monoisotopic (exact) mass is 352 g/mol. The Morgan fingerprint density at radius 1 is 1.31 bits per heavy atom. The molecular weight excluding hydrogens is 328 g/mol. The van der Waals surface area contributed by atoms with E-state index in [9.17, 15) is 10.1 Å². The second kappa shape index (κ2) is 8.91. The number of para-hydroxylation sites is 1. The van der Waals surface area contributed by atoms with E-state index in [1.165, 1.54) is 0 Å². The molecule has 2 rings (SSSR count). The maximum atomic E-state index is 12.3. The van der Waals surface area contributed by atoms with Crippen molar-refractivity contribution in [3.63, 3.8) is 0 Å². The molecule has 0 amide bonds. The third-order valence-corrected chi connectivity index (χ3v) is 4.25. The van der Waals surface area contributed by atoms with Crippen LogP contribution in [0, 0.1) is 25.2 Å². The van der Waals surface area contributed by atoms with Crippen LogP contribution in [0.4, 0.5) is 0 Å². The number of nitriles is 1. The number of carbonyl (C=O) groups is 1. The Kier molecular flexibility index (Phi) is 6.62. The zero-order valence-electron chi connectivity index (χ0n) is 15.7. The Bertz CT molecular complexity index is 857. The zero-order valence-corrected chi connectivity index (χ0v) is 15.7. The minimum atomic E-state index is -0.640. The van der Waals surface area contributed by atoms with Gasteiger partial charge in [-0.1, -0.05) is 25.1 Å². The van der Waals surface area contributed by atoms with Gasteiger partial charge >= 0.3 is 5.97 Å². The molecule has 2 aromatic rings. The molecule has 0 aliphatic carbocycles. The Labute approximate surface area is 154 Å². The SMILES string of the molecule is CCCn1c(C)cc(/C=C(\C#N)C(=O)OCc2ccccc2OC)c1C. The minimum absolute atomic E-state index is 0.0170. The average Bonchev–Trinajstić information content (AvgIpc) is 2.92. The van der Waals surface area contributed by atoms with Crippen LogP contribution in [-0.4, -0.2) is 17.6 Å². The number of methoxy groups -OCH3 is 1. The number of hydrogen-bond donors (Lipinski definition) is 0. The van der Waals surface area contributed by atoms with Crippen molar-refractivity contribution in [1.82, 2.24) is 4.57 Å². The Balaban J connectivity index is 2.18. The largest absolute Gasteiger partial charge is 0.496 e. The molecule has 0 saturated carbocycles. The molecule has 0 saturated heterocycles. The third-order valence-electron chi connectivity index (χ3n) is 4.25. The van der Waals surface area contributed by atoms with Crippen molar-refractivity contribution in [3.8, 4) is 11.8 Å². The summed E-state index contributed by atoms with van der Waals surface area (Å²) in [6.07, 6.45) is 2.62. The normalized spacial score (nSPS) is 11.1. The number of ether oxygens (including phenoxy) is 2. The van der Waals surface area contributed by atoms with Crippen LogP contribution in [0.25, 0.3) is 6.08 Å². The standard InChI is InChI=1S/C21H24N2O3/c1-5-10-23-15(2)11-18(16(23)3)12-19(13-22)21(24)26-14-17-8-6-7-9-20(17)25-4/h6-9,11-12H,5,10,14H2,1-4H3/b19-12+. The summed E-state index contributed by atoms with van der Waals surface area (Å²) in [5.41, 5.74) is 3.74. The van der Waals surface area contributed by atoms with Crippen LogP contribution in [0.3, 0.4) is 0 Å². The van der Waals surface area contributed by atoms with Crippen LogP contribution in [0.15, 0.2) is 35.9 Å². The highest BCUT2D eigenvalue weighted by Crippen LogP contribution is 2.21. The van der Waals surface area contributed by atoms with Gasteiger partial charge in [0.2, 0.25) is 0 Å². The lowest BCUT2D eigenvalue weighted by molar-refractivity contribution is -0.139. The fraction of sp³-hybridized carbons (Fsp3) is 0.333. The van der Waals surface area contributed by atoms with Crippen molar-refractivity contribution in [1.29, 1.82) is 5.26 Å². The van der Waals surface area contributed by atoms with E-state index in [2.05, 4.69) is 11.5 Å². The van der Waals surface area contributed by atoms with Crippen molar-refractivity contribution >= 4 is 12.0 Å². The molecule has 5 heteroatoms. The maximum absolute atomic E-state index is 12.3. The number of nitrogens with zero attached hydrogens (tertiary/aromatic N) is 2. The Hall–Kier alpha value is -3.00. The third kappa shape index (κ3) is 4.34. The lowest BCUT2D eigenvalue weighted by Gasteiger charge is -2.09. The number of hydrogen-bond acceptors (Lipinski definition) is 4. The van der Waals surface area contributed by atoms with Gasteiger partial charge in [0.25, 0.3) is 0 Å². The van der Waals surface area contributed by atoms with Gasteiger partial charge in [-0.2, -0.15) is 5.26 Å². The van der Waals surface area contributed by atoms with E-state index in [-0.39, 0.29) is 12.2 Å². The maximum Gasteiger partial charge on any atom is 0.349 e. The van der Waals surface area contributed by atoms with Crippen molar-refractivity contribution in [2.75, 3.05) is 7.11 Å². The molecule has 1 heterocycles. The van der Waals surface area contributed by atoms with Crippen LogP contribution in [0.2, 0.25) is 0 Å². The fourth-order valence-corrected chi connectivity index (χ4v) is 2.88. The molecule has 1 aromatic carbocycles. The van der Waals surface area contributed by atoms with Crippen molar-refractivity contribution in [2.24, 2.45) is 0 Å². The summed E-state index contributed by atoms with van der Waals surface area (Å²) < 4.78 is 12.7. The molecule has 1 aromatic heterocycles. The smallest absolute Gasteiger partial charge is 0.349 e. The second-order valence-electron chi connectivity index (χ2n) is 6.04. The summed E-state index contributed by atoms with van der Waals surface area (Å²) in [6, 6.07) is 11.2. The summed E-state index contributed by atoms with van der Waals surface area (Å²) in [4.78, 5) is 12.3. The van der Waals surface area contributed by atoms with Gasteiger partial charge in [0.1, 0.15) is 24.0 Å². The van der Waals surface area contributed by atoms with Crippen LogP contribution in [0.5, 0.6) is 5.75 Å². The lowest BCUT2D eigenvalue weighted by atomic mass is 10.1. The van der Waals surface area contributed by atoms with Crippen LogP contribution in [-0.2, 0) is 22.7 Å². The first kappa shape index (κ1) is 19.3. The first-order valence-corrected chi connectivity index (χ1v) is 8.59. The van der Waals surface area contributed by atoms with Gasteiger partial charge in [-0.05, 0) is 44.0 Å². The van der Waals surface area contributed by atoms with Crippen LogP contribution < -0.4 is 4.74 Å². The van der Waals surface area contributed by atoms with Gasteiger partial charge < -0.3 is 14.0 Å². The highest BCUT2D eigenvalue weighted by atomic mass is 16.5. The molecular formula is C21H24N2O3. The van der Waals surface area contributed by atoms with Gasteiger partial charge in [-0.25, -0.2) is 4.79 Å². The number of rotatable bonds is 7. The first-order chi connectivity index (χ1) is 12.5. The van der Waals surface area contributed by atoms with E-state index in [1.54, 1.807) is 19.3 Å². The van der Waals surface area contributed by atoms with Gasteiger partial charge in [0, 0.05) is 23.5 Å². The van der Waals surface area contributed by atoms with Crippen LogP contribution >= 0.6 is 0 Å². The van der Waals surface area contributed by atoms with Gasteiger partial charge in [-0.3, -0.25) is 0 Å². The molecule has 0 fully saturated rings. The predicted octanol–water partition coefficient (Wildman–Crippen LogP) is 4.17. The molecule has 0 unspecified atom stereocenters. The molecule has 26 heavy (non-hydrogen) atoms. The highest BCUT2D eigenvalue weighted by molar-refractivity contribution is 5.98. The molecule has 0 aliphatic rings. The number of benzene rings is 1. The number of aromatic nitrogens is 1. The second-order valence-corrected chi connectivity index (χ2v) is 6.04. The molecule has 0 spiro atoms. The van der Waals surface area contributed by atoms with Crippen molar-refractivity contribution < 1.29 is 14.3 Å². The summed E-state index contributed by atoms with van der Waals surface area (Å²) in [5.74, 6) is 0.00426. The molecule has 136 valence electrons. The molecule has 5 nitrogen and oxygen atoms in total. The minimum Gasteiger partial charge on any atom is -0.496 e. The average molecular weight is 352 g/mol. The molecule has 0 aliphatic heterocycles. The Morgan fingerprint density at radius 2 is 2.04 bits per heavy atom. The summed E-state index contributed by atoms with van der Waals surface area (Å²) in [7, 11) is 1.56. The van der Waals surface area contributed by atoms with Gasteiger partial charge in [-0.15, -0.1) is 0 Å². The van der Waals surface area contributed by atoms with E-state index in [1.807, 2.05) is 44.2 Å². The molecule has 0 radical (unpaired) electrons. The highest BCUT2D eigenvalue weighted by Gasteiger charge is 2.15. The van der Waals surface area contributed by atoms with E-state index >= 15 is 0 Å². The van der Waals surface area contributed by atoms with Crippen molar-refractivity contribution in [2.45, 2.75) is 40.3 Å². The number of esters is 1. The molecule has 0 atom stereocenters. The van der Waals surface area contributed by atoms with Gasteiger partial charge in [0.15, 0.2) is 0 Å². The number of carbonyl (C=O) groups excluding carboxylic acids is 1. The topological polar surface area (TPSA) is 64.2 Å². The number of aryl methyl sites for hydroxylation is 1. The van der Waals surface area contributed by atoms with Gasteiger partial charge in [0.05, 0.1) is 7.11 Å². The molecule has 0 bridgehead atoms. The van der Waals surface area contributed by atoms with E-state index in [4.69, 9.17) is 9.47 Å². The van der Waals surface area contributed by atoms with E-state index < -0.39 is 5.97 Å². The summed E-state index contributed by atoms with van der Waals surface area (Å²) in [5, 5.41) is 9.38. The predicted molar refractivity (Wildman–Crippen MR) is 101 cm³/mol. The quantitative estimate of drug-likeness (QED) is 0.426. The fourth-order valence-electron chi connectivity index (χ4n) is 2.88. The van der Waals surface area contributed by atoms with E-state index in [0.717, 1.165) is 35.5 Å². The Morgan fingerprint density at radius 3 is 2.69 bits per heavy atom. The van der Waals surface area contributed by atoms with Crippen molar-refractivity contribution in [3.05, 3.63) is 58.4 Å². The summed E-state index contributed by atoms with van der Waals surface area (Å²) >= 11 is 0. The lowest BCUT2D eigenvalue weighted by Crippen LogP contribution is -2.07. The first-order valence-electron chi connectivity index (χ1n) is 8.59. The van der Waals surface area contributed by atoms with E-state index in [0.29, 0.717) is 5.75 Å². The molecule has 0 N–H and O–H groups in total.